The molecule has 35 heavy (non-hydrogen) atoms. The lowest BCUT2D eigenvalue weighted by molar-refractivity contribution is -0.138. The summed E-state index contributed by atoms with van der Waals surface area (Å²) in [5.41, 5.74) is -1.32. The van der Waals surface area contributed by atoms with Crippen molar-refractivity contribution in [2.24, 2.45) is 0 Å². The van der Waals surface area contributed by atoms with Crippen LogP contribution in [0.3, 0.4) is 0 Å². The molecule has 0 saturated carbocycles. The third-order valence-electron chi connectivity index (χ3n) is 6.57. The van der Waals surface area contributed by atoms with Gasteiger partial charge in [0.15, 0.2) is 5.82 Å². The molecule has 1 aromatic heterocycles. The molecule has 2 aliphatic rings. The van der Waals surface area contributed by atoms with Crippen molar-refractivity contribution in [3.63, 3.8) is 0 Å². The molecule has 0 bridgehead atoms. The highest BCUT2D eigenvalue weighted by molar-refractivity contribution is 9.10. The Labute approximate surface area is 206 Å². The van der Waals surface area contributed by atoms with Crippen LogP contribution >= 0.6 is 15.9 Å². The molecule has 2 atom stereocenters. The van der Waals surface area contributed by atoms with Crippen LogP contribution in [0.1, 0.15) is 30.4 Å². The van der Waals surface area contributed by atoms with E-state index in [2.05, 4.69) is 25.9 Å². The molecule has 0 N–H and O–H groups in total. The first-order chi connectivity index (χ1) is 16.7. The van der Waals surface area contributed by atoms with E-state index < -0.39 is 33.7 Å². The minimum absolute atomic E-state index is 0.00727. The van der Waals surface area contributed by atoms with Gasteiger partial charge in [-0.3, -0.25) is 4.90 Å². The minimum Gasteiger partial charge on any atom is -0.472 e. The molecule has 3 heterocycles. The smallest absolute Gasteiger partial charge is 0.417 e. The Morgan fingerprint density at radius 2 is 1.91 bits per heavy atom. The monoisotopic (exact) mass is 557 g/mol. The molecule has 0 unspecified atom stereocenters. The molecule has 0 aliphatic carbocycles. The zero-order valence-electron chi connectivity index (χ0n) is 18.4. The predicted molar refractivity (Wildman–Crippen MR) is 122 cm³/mol. The van der Waals surface area contributed by atoms with Gasteiger partial charge in [0.1, 0.15) is 24.9 Å². The van der Waals surface area contributed by atoms with Crippen LogP contribution in [0.15, 0.2) is 40.9 Å². The molecule has 2 aromatic carbocycles. The standard InChI is InChI=1S/C24H21BrF5N3O2/c25-18-17(24(28,29)30)9-16-20(19(18)27)31-22(32-21(16)34-12-14-5-2-1-3-6-14)35-13-23-7-4-8-33(23)11-15(26)10-23/h1-3,5-6,9,15H,4,7-8,10-13H2/t15-,23+/m1/s1. The fourth-order valence-electron chi connectivity index (χ4n) is 4.91. The molecule has 2 fully saturated rings. The van der Waals surface area contributed by atoms with Crippen molar-refractivity contribution in [1.29, 1.82) is 0 Å². The zero-order valence-corrected chi connectivity index (χ0v) is 20.0. The highest BCUT2D eigenvalue weighted by Crippen LogP contribution is 2.42. The Morgan fingerprint density at radius 3 is 2.66 bits per heavy atom. The van der Waals surface area contributed by atoms with Gasteiger partial charge in [0.2, 0.25) is 5.88 Å². The van der Waals surface area contributed by atoms with Crippen molar-refractivity contribution in [3.8, 4) is 11.9 Å². The molecule has 2 saturated heterocycles. The summed E-state index contributed by atoms with van der Waals surface area (Å²) in [4.78, 5) is 10.3. The van der Waals surface area contributed by atoms with E-state index in [1.807, 2.05) is 11.0 Å². The second kappa shape index (κ2) is 9.16. The van der Waals surface area contributed by atoms with Crippen LogP contribution in [-0.4, -0.2) is 46.3 Å². The Bertz CT molecular complexity index is 1240. The summed E-state index contributed by atoms with van der Waals surface area (Å²) >= 11 is 2.71. The normalized spacial score (nSPS) is 22.5. The Balaban J connectivity index is 1.52. The third-order valence-corrected chi connectivity index (χ3v) is 7.35. The molecule has 2 aliphatic heterocycles. The number of aromatic nitrogens is 2. The molecule has 5 rings (SSSR count). The van der Waals surface area contributed by atoms with Crippen molar-refractivity contribution in [1.82, 2.24) is 14.9 Å². The summed E-state index contributed by atoms with van der Waals surface area (Å²) in [5, 5.41) is -0.230. The number of fused-ring (bicyclic) bond motifs is 2. The molecule has 3 aromatic rings. The summed E-state index contributed by atoms with van der Waals surface area (Å²) in [6, 6.07) is 9.46. The van der Waals surface area contributed by atoms with E-state index in [1.165, 1.54) is 0 Å². The lowest BCUT2D eigenvalue weighted by atomic mass is 9.95. The molecule has 0 amide bonds. The Kier molecular flexibility index (Phi) is 6.33. The first-order valence-corrected chi connectivity index (χ1v) is 11.9. The maximum Gasteiger partial charge on any atom is 0.417 e. The number of hydrogen-bond donors (Lipinski definition) is 0. The number of benzene rings is 2. The van der Waals surface area contributed by atoms with Crippen molar-refractivity contribution < 1.29 is 31.4 Å². The van der Waals surface area contributed by atoms with Crippen molar-refractivity contribution in [2.45, 2.75) is 43.8 Å². The number of nitrogens with zero attached hydrogens (tertiary/aromatic N) is 3. The van der Waals surface area contributed by atoms with E-state index in [-0.39, 0.29) is 36.0 Å². The van der Waals surface area contributed by atoms with E-state index in [0.717, 1.165) is 31.0 Å². The Hall–Kier alpha value is -2.53. The lowest BCUT2D eigenvalue weighted by Crippen LogP contribution is -2.43. The maximum absolute atomic E-state index is 15.1. The third kappa shape index (κ3) is 4.67. The number of rotatable bonds is 6. The number of ether oxygens (including phenoxy) is 2. The van der Waals surface area contributed by atoms with Crippen LogP contribution in [0.2, 0.25) is 0 Å². The molecule has 0 radical (unpaired) electrons. The van der Waals surface area contributed by atoms with Gasteiger partial charge < -0.3 is 9.47 Å². The van der Waals surface area contributed by atoms with Gasteiger partial charge in [-0.2, -0.15) is 23.1 Å². The summed E-state index contributed by atoms with van der Waals surface area (Å²) < 4.78 is 80.6. The van der Waals surface area contributed by atoms with Crippen molar-refractivity contribution in [3.05, 3.63) is 57.8 Å². The first-order valence-electron chi connectivity index (χ1n) is 11.1. The van der Waals surface area contributed by atoms with E-state index in [9.17, 15) is 17.6 Å². The molecule has 186 valence electrons. The SMILES string of the molecule is Fc1c(Br)c(C(F)(F)F)cc2c(OCc3ccccc3)nc(OC[C@@]34CCCN3C[C@H](F)C4)nc12. The van der Waals surface area contributed by atoms with Crippen LogP contribution in [-0.2, 0) is 12.8 Å². The molecular weight excluding hydrogens is 537 g/mol. The minimum atomic E-state index is -4.81. The molecule has 11 heteroatoms. The van der Waals surface area contributed by atoms with Crippen molar-refractivity contribution >= 4 is 26.8 Å². The summed E-state index contributed by atoms with van der Waals surface area (Å²) in [5.74, 6) is -1.43. The van der Waals surface area contributed by atoms with Crippen molar-refractivity contribution in [2.75, 3.05) is 19.7 Å². The topological polar surface area (TPSA) is 47.5 Å². The van der Waals surface area contributed by atoms with E-state index >= 15 is 4.39 Å². The second-order valence-electron chi connectivity index (χ2n) is 8.90. The lowest BCUT2D eigenvalue weighted by Gasteiger charge is -2.30. The molecule has 0 spiro atoms. The van der Waals surface area contributed by atoms with E-state index in [4.69, 9.17) is 9.47 Å². The highest BCUT2D eigenvalue weighted by atomic mass is 79.9. The molecular formula is C24H21BrF5N3O2. The van der Waals surface area contributed by atoms with Gasteiger partial charge >= 0.3 is 12.2 Å². The van der Waals surface area contributed by atoms with Crippen LogP contribution in [0, 0.1) is 5.82 Å². The van der Waals surface area contributed by atoms with E-state index in [1.54, 1.807) is 24.3 Å². The molecule has 5 nitrogen and oxygen atoms in total. The fourth-order valence-corrected chi connectivity index (χ4v) is 5.44. The van der Waals surface area contributed by atoms with Crippen LogP contribution in [0.25, 0.3) is 10.9 Å². The largest absolute Gasteiger partial charge is 0.472 e. The summed E-state index contributed by atoms with van der Waals surface area (Å²) in [6.45, 7) is 1.16. The zero-order chi connectivity index (χ0) is 24.8. The average molecular weight is 558 g/mol. The quantitative estimate of drug-likeness (QED) is 0.343. The van der Waals surface area contributed by atoms with Gasteiger partial charge in [-0.15, -0.1) is 0 Å². The van der Waals surface area contributed by atoms with Crippen LogP contribution in [0.5, 0.6) is 11.9 Å². The number of halogens is 6. The average Bonchev–Trinajstić information content (AvgIpc) is 3.34. The number of hydrogen-bond acceptors (Lipinski definition) is 5. The fraction of sp³-hybridized carbons (Fsp3) is 0.417. The van der Waals surface area contributed by atoms with Gasteiger partial charge in [0.25, 0.3) is 0 Å². The highest BCUT2D eigenvalue weighted by Gasteiger charge is 2.49. The van der Waals surface area contributed by atoms with Crippen LogP contribution < -0.4 is 9.47 Å². The maximum atomic E-state index is 15.1. The Morgan fingerprint density at radius 1 is 1.14 bits per heavy atom. The predicted octanol–water partition coefficient (Wildman–Crippen LogP) is 6.08. The number of alkyl halides is 4. The van der Waals surface area contributed by atoms with Gasteiger partial charge in [-0.1, -0.05) is 30.3 Å². The van der Waals surface area contributed by atoms with E-state index in [0.29, 0.717) is 13.0 Å². The summed E-state index contributed by atoms with van der Waals surface area (Å²) in [7, 11) is 0. The van der Waals surface area contributed by atoms with Gasteiger partial charge in [0, 0.05) is 13.0 Å². The summed E-state index contributed by atoms with van der Waals surface area (Å²) in [6.07, 6.45) is -3.81. The van der Waals surface area contributed by atoms with Gasteiger partial charge in [0.05, 0.1) is 21.0 Å². The van der Waals surface area contributed by atoms with Crippen LogP contribution in [0.4, 0.5) is 22.0 Å². The first kappa shape index (κ1) is 24.2. The van der Waals surface area contributed by atoms with Gasteiger partial charge in [-0.25, -0.2) is 8.78 Å². The second-order valence-corrected chi connectivity index (χ2v) is 9.69. The van der Waals surface area contributed by atoms with Gasteiger partial charge in [-0.05, 0) is 46.9 Å².